The Bertz CT molecular complexity index is 66.6. The normalized spacial score (nSPS) is 22.7. The molecule has 0 bridgehead atoms. The smallest absolute Gasteiger partial charge is 0.0201 e. The maximum atomic E-state index is 3.55. The summed E-state index contributed by atoms with van der Waals surface area (Å²) in [6.45, 7) is 0. The monoisotopic (exact) mass is 143 g/mol. The van der Waals surface area contributed by atoms with Gasteiger partial charge in [0, 0.05) is 16.3 Å². The van der Waals surface area contributed by atoms with Crippen molar-refractivity contribution >= 4 is 10.2 Å². The minimum absolute atomic E-state index is 0.885. The lowest BCUT2D eigenvalue weighted by Crippen LogP contribution is -2.31. The van der Waals surface area contributed by atoms with Crippen LogP contribution in [0.15, 0.2) is 0 Å². The van der Waals surface area contributed by atoms with E-state index in [9.17, 15) is 0 Å². The molecule has 0 unspecified atom stereocenters. The molecule has 0 saturated heterocycles. The van der Waals surface area contributed by atoms with Crippen LogP contribution >= 0.6 is 0 Å². The predicted molar refractivity (Wildman–Crippen MR) is 44.8 cm³/mol. The van der Waals surface area contributed by atoms with Gasteiger partial charge >= 0.3 is 0 Å². The summed E-state index contributed by atoms with van der Waals surface area (Å²) in [5.74, 6) is 0. The summed E-state index contributed by atoms with van der Waals surface area (Å²) in [6, 6.07) is 0.885. The minimum Gasteiger partial charge on any atom is -0.318 e. The van der Waals surface area contributed by atoms with Crippen molar-refractivity contribution in [1.29, 1.82) is 0 Å². The van der Waals surface area contributed by atoms with Crippen molar-refractivity contribution in [1.82, 2.24) is 5.32 Å². The van der Waals surface area contributed by atoms with Gasteiger partial charge in [-0.3, -0.25) is 0 Å². The lowest BCUT2D eigenvalue weighted by atomic mass is 9.96. The summed E-state index contributed by atoms with van der Waals surface area (Å²) in [5, 5.41) is 3.55. The molecular weight excluding hydrogens is 126 g/mol. The molecular formula is C7H17NSi. The van der Waals surface area contributed by atoms with Gasteiger partial charge in [-0.2, -0.15) is 0 Å². The molecule has 1 fully saturated rings. The summed E-state index contributed by atoms with van der Waals surface area (Å²) < 4.78 is 0. The van der Waals surface area contributed by atoms with E-state index in [0.717, 1.165) is 6.04 Å². The van der Waals surface area contributed by atoms with Crippen LogP contribution in [0.3, 0.4) is 0 Å². The Labute approximate surface area is 60.6 Å². The fraction of sp³-hybridized carbons (Fsp3) is 1.00. The van der Waals surface area contributed by atoms with E-state index in [-0.39, 0.29) is 0 Å². The Hall–Kier alpha value is 0.177. The van der Waals surface area contributed by atoms with E-state index in [1.165, 1.54) is 48.5 Å². The number of nitrogens with one attached hydrogen (secondary N) is 1. The quantitative estimate of drug-likeness (QED) is 0.546. The molecule has 0 spiro atoms. The van der Waals surface area contributed by atoms with Gasteiger partial charge in [0.25, 0.3) is 0 Å². The van der Waals surface area contributed by atoms with Crippen molar-refractivity contribution in [2.24, 2.45) is 0 Å². The molecule has 2 heteroatoms. The zero-order valence-electron chi connectivity index (χ0n) is 6.32. The standard InChI is InChI=1S/C7H17NSi/c9-6-8-7-4-2-1-3-5-7/h7-8H,1-6H2,9H3. The van der Waals surface area contributed by atoms with Gasteiger partial charge in [0.2, 0.25) is 0 Å². The van der Waals surface area contributed by atoms with Gasteiger partial charge in [0.05, 0.1) is 0 Å². The fourth-order valence-corrected chi connectivity index (χ4v) is 2.17. The van der Waals surface area contributed by atoms with Crippen LogP contribution in [0, 0.1) is 0 Å². The second-order valence-electron chi connectivity index (χ2n) is 2.89. The summed E-state index contributed by atoms with van der Waals surface area (Å²) >= 11 is 0. The number of hydrogen-bond acceptors (Lipinski definition) is 1. The predicted octanol–water partition coefficient (Wildman–Crippen LogP) is 0.232. The van der Waals surface area contributed by atoms with Gasteiger partial charge in [-0.1, -0.05) is 19.3 Å². The first kappa shape index (κ1) is 7.29. The van der Waals surface area contributed by atoms with E-state index in [1.54, 1.807) is 0 Å². The molecule has 1 saturated carbocycles. The Morgan fingerprint density at radius 2 is 1.89 bits per heavy atom. The van der Waals surface area contributed by atoms with Crippen LogP contribution < -0.4 is 5.32 Å². The molecule has 1 aliphatic carbocycles. The summed E-state index contributed by atoms with van der Waals surface area (Å²) in [6.07, 6.45) is 8.53. The topological polar surface area (TPSA) is 12.0 Å². The molecule has 1 aliphatic rings. The Kier molecular flexibility index (Phi) is 3.29. The third-order valence-electron chi connectivity index (χ3n) is 2.10. The first-order valence-electron chi connectivity index (χ1n) is 4.17. The van der Waals surface area contributed by atoms with Gasteiger partial charge in [-0.25, -0.2) is 0 Å². The van der Waals surface area contributed by atoms with E-state index < -0.39 is 0 Å². The lowest BCUT2D eigenvalue weighted by Gasteiger charge is -2.21. The molecule has 1 nitrogen and oxygen atoms in total. The maximum absolute atomic E-state index is 3.55. The van der Waals surface area contributed by atoms with E-state index in [2.05, 4.69) is 5.32 Å². The first-order valence-corrected chi connectivity index (χ1v) is 5.58. The summed E-state index contributed by atoms with van der Waals surface area (Å²) in [7, 11) is 1.31. The third-order valence-corrected chi connectivity index (χ3v) is 2.51. The largest absolute Gasteiger partial charge is 0.318 e. The molecule has 54 valence electrons. The summed E-state index contributed by atoms with van der Waals surface area (Å²) in [5.41, 5.74) is 0. The Morgan fingerprint density at radius 1 is 1.22 bits per heavy atom. The van der Waals surface area contributed by atoms with Crippen molar-refractivity contribution in [3.63, 3.8) is 0 Å². The van der Waals surface area contributed by atoms with Gasteiger partial charge in [-0.15, -0.1) is 0 Å². The van der Waals surface area contributed by atoms with E-state index in [4.69, 9.17) is 0 Å². The van der Waals surface area contributed by atoms with Crippen LogP contribution in [0.4, 0.5) is 0 Å². The maximum Gasteiger partial charge on any atom is 0.0201 e. The molecule has 0 aromatic rings. The molecule has 0 radical (unpaired) electrons. The van der Waals surface area contributed by atoms with Crippen LogP contribution in [0.1, 0.15) is 32.1 Å². The zero-order chi connectivity index (χ0) is 6.53. The van der Waals surface area contributed by atoms with Gasteiger partial charge < -0.3 is 5.32 Å². The second-order valence-corrected chi connectivity index (χ2v) is 3.60. The Morgan fingerprint density at radius 3 is 2.44 bits per heavy atom. The molecule has 0 aromatic heterocycles. The minimum atomic E-state index is 0.885. The van der Waals surface area contributed by atoms with Gasteiger partial charge in [-0.05, 0) is 19.0 Å². The van der Waals surface area contributed by atoms with Gasteiger partial charge in [0.15, 0.2) is 0 Å². The molecule has 1 N–H and O–H groups in total. The molecule has 0 aromatic carbocycles. The van der Waals surface area contributed by atoms with Crippen LogP contribution in [0.25, 0.3) is 0 Å². The average molecular weight is 143 g/mol. The fourth-order valence-electron chi connectivity index (χ4n) is 1.60. The van der Waals surface area contributed by atoms with E-state index in [0.29, 0.717) is 0 Å². The molecule has 0 atom stereocenters. The van der Waals surface area contributed by atoms with Crippen molar-refractivity contribution in [2.75, 3.05) is 6.17 Å². The van der Waals surface area contributed by atoms with E-state index >= 15 is 0 Å². The molecule has 9 heavy (non-hydrogen) atoms. The third kappa shape index (κ3) is 2.50. The number of rotatable bonds is 2. The van der Waals surface area contributed by atoms with Crippen LogP contribution in [-0.4, -0.2) is 22.5 Å². The Balaban J connectivity index is 2.08. The molecule has 0 heterocycles. The number of hydrogen-bond donors (Lipinski definition) is 1. The van der Waals surface area contributed by atoms with Crippen molar-refractivity contribution in [3.05, 3.63) is 0 Å². The van der Waals surface area contributed by atoms with E-state index in [1.807, 2.05) is 0 Å². The average Bonchev–Trinajstić information content (AvgIpc) is 1.91. The second kappa shape index (κ2) is 4.07. The SMILES string of the molecule is [SiH3]CNC1CCCCC1. The molecule has 1 rings (SSSR count). The summed E-state index contributed by atoms with van der Waals surface area (Å²) in [4.78, 5) is 0. The highest BCUT2D eigenvalue weighted by Gasteiger charge is 2.10. The molecule has 0 amide bonds. The van der Waals surface area contributed by atoms with Crippen LogP contribution in [-0.2, 0) is 0 Å². The highest BCUT2D eigenvalue weighted by atomic mass is 28.1. The van der Waals surface area contributed by atoms with Gasteiger partial charge in [0.1, 0.15) is 0 Å². The highest BCUT2D eigenvalue weighted by Crippen LogP contribution is 2.16. The lowest BCUT2D eigenvalue weighted by molar-refractivity contribution is 0.389. The first-order chi connectivity index (χ1) is 4.43. The zero-order valence-corrected chi connectivity index (χ0v) is 8.32. The van der Waals surface area contributed by atoms with Crippen molar-refractivity contribution < 1.29 is 0 Å². The van der Waals surface area contributed by atoms with Crippen molar-refractivity contribution in [3.8, 4) is 0 Å². The van der Waals surface area contributed by atoms with Crippen molar-refractivity contribution in [2.45, 2.75) is 38.1 Å². The molecule has 0 aliphatic heterocycles. The van der Waals surface area contributed by atoms with Crippen LogP contribution in [0.2, 0.25) is 0 Å². The highest BCUT2D eigenvalue weighted by molar-refractivity contribution is 6.08. The van der Waals surface area contributed by atoms with Crippen LogP contribution in [0.5, 0.6) is 0 Å².